The van der Waals surface area contributed by atoms with Gasteiger partial charge in [0, 0.05) is 0 Å². The number of hydrogen-bond donors (Lipinski definition) is 0. The van der Waals surface area contributed by atoms with Gasteiger partial charge in [0.15, 0.2) is 0 Å². The Morgan fingerprint density at radius 3 is 0.214 bits per heavy atom. The van der Waals surface area contributed by atoms with E-state index in [1.54, 1.807) is 0 Å². The van der Waals surface area contributed by atoms with E-state index in [4.69, 9.17) is 60.3 Å². The van der Waals surface area contributed by atoms with Crippen molar-refractivity contribution in [2.24, 2.45) is 0 Å². The van der Waals surface area contributed by atoms with Crippen molar-refractivity contribution < 1.29 is 174 Å². The van der Waals surface area contributed by atoms with Gasteiger partial charge in [0.05, 0.1) is 0 Å². The fourth-order valence-corrected chi connectivity index (χ4v) is 0. The van der Waals surface area contributed by atoms with Gasteiger partial charge in [0.2, 0.25) is 0 Å². The van der Waals surface area contributed by atoms with E-state index in [0.29, 0.717) is 0 Å². The quantitative estimate of drug-likeness (QED) is 0.303. The Balaban J connectivity index is -0.00000000429. The fourth-order valence-electron chi connectivity index (χ4n) is 0. The molecule has 0 amide bonds. The maximum atomic E-state index is 8.42. The van der Waals surface area contributed by atoms with Crippen LogP contribution in [0, 0.1) is 0 Å². The van der Waals surface area contributed by atoms with E-state index in [9.17, 15) is 0 Å². The van der Waals surface area contributed by atoms with E-state index in [1.807, 2.05) is 0 Å². The van der Waals surface area contributed by atoms with E-state index < -0.39 is 29.3 Å². The summed E-state index contributed by atoms with van der Waals surface area (Å²) in [5, 5.41) is 101. The van der Waals surface area contributed by atoms with Crippen LogP contribution in [0.5, 0.6) is 0 Å². The monoisotopic (exact) mass is 462 g/mol. The van der Waals surface area contributed by atoms with E-state index >= 15 is 0 Å². The van der Waals surface area contributed by atoms with Crippen molar-refractivity contribution in [2.45, 2.75) is 0 Å². The summed E-state index contributed by atoms with van der Waals surface area (Å²) in [4.78, 5) is 0. The first-order valence-electron chi connectivity index (χ1n) is 2.83. The number of hydrogen-bond acceptors (Lipinski definition) is 12. The molecule has 0 rings (SSSR count). The van der Waals surface area contributed by atoms with Gasteiger partial charge in [0.1, 0.15) is 0 Å². The SMILES string of the molecule is O.O.O.O.O.O.O.O.O.O.[Na+].[Na+].[O-]B([O-])[O-].[O-]B([O-])[O-].[O-]B([O-])[O-].[O-]B([O-])[O-]. The zero-order valence-corrected chi connectivity index (χ0v) is 18.2. The van der Waals surface area contributed by atoms with Crippen LogP contribution in [-0.2, 0) is 0 Å². The average molecular weight is 461 g/mol. The normalized spacial score (nSPS) is 3.86. The van der Waals surface area contributed by atoms with Gasteiger partial charge in [-0.2, -0.15) is 0 Å². The molecule has 0 fully saturated rings. The van der Waals surface area contributed by atoms with E-state index in [2.05, 4.69) is 0 Å². The summed E-state index contributed by atoms with van der Waals surface area (Å²) in [6.07, 6.45) is 0. The van der Waals surface area contributed by atoms with E-state index in [-0.39, 0.29) is 114 Å². The molecule has 0 saturated heterocycles. The minimum Gasteiger partial charge on any atom is -0.907 e. The van der Waals surface area contributed by atoms with Gasteiger partial charge in [-0.25, -0.2) is 0 Å². The van der Waals surface area contributed by atoms with Crippen LogP contribution >= 0.6 is 0 Å². The molecule has 0 bridgehead atoms. The Bertz CT molecular complexity index is 69.5. The van der Waals surface area contributed by atoms with Gasteiger partial charge in [0.25, 0.3) is 0 Å². The Morgan fingerprint density at radius 1 is 0.214 bits per heavy atom. The maximum Gasteiger partial charge on any atom is 1.00 e. The van der Waals surface area contributed by atoms with Crippen LogP contribution in [0.15, 0.2) is 0 Å². The molecule has 0 aromatic heterocycles. The molecule has 22 nitrogen and oxygen atoms in total. The summed E-state index contributed by atoms with van der Waals surface area (Å²) in [5.74, 6) is 0. The van der Waals surface area contributed by atoms with Crippen LogP contribution in [-0.4, -0.2) is 84.0 Å². The smallest absolute Gasteiger partial charge is 0.907 e. The minimum absolute atomic E-state index is 0. The van der Waals surface area contributed by atoms with Gasteiger partial charge in [-0.05, 0) is 0 Å². The molecule has 176 valence electrons. The summed E-state index contributed by atoms with van der Waals surface area (Å²) in [7, 11) is -11.7. The first-order chi connectivity index (χ1) is 6.93. The third kappa shape index (κ3) is 10000. The van der Waals surface area contributed by atoms with Crippen molar-refractivity contribution in [3.8, 4) is 0 Å². The maximum absolute atomic E-state index is 8.42. The largest absolute Gasteiger partial charge is 1.00 e. The van der Waals surface area contributed by atoms with Crippen molar-refractivity contribution in [3.05, 3.63) is 0 Å². The molecule has 0 aromatic rings. The third-order valence-electron chi connectivity index (χ3n) is 0. The molecule has 0 aliphatic carbocycles. The Labute approximate surface area is 202 Å². The number of rotatable bonds is 0. The second-order valence-electron chi connectivity index (χ2n) is 1.15. The molecule has 0 spiro atoms. The first kappa shape index (κ1) is 132. The molecule has 20 N–H and O–H groups in total. The topological polar surface area (TPSA) is 592 Å². The molecule has 0 saturated carbocycles. The molecule has 0 radical (unpaired) electrons. The van der Waals surface area contributed by atoms with Gasteiger partial charge < -0.3 is 115 Å². The summed E-state index contributed by atoms with van der Waals surface area (Å²) < 4.78 is 0. The van der Waals surface area contributed by atoms with Crippen LogP contribution < -0.4 is 119 Å². The minimum atomic E-state index is -2.92. The van der Waals surface area contributed by atoms with Gasteiger partial charge in [-0.15, -0.1) is 0 Å². The first-order valence-corrected chi connectivity index (χ1v) is 2.83. The van der Waals surface area contributed by atoms with Crippen molar-refractivity contribution in [3.63, 3.8) is 0 Å². The Kier molecular flexibility index (Phi) is 561. The zero-order chi connectivity index (χ0) is 14.3. The van der Waals surface area contributed by atoms with Crippen molar-refractivity contribution in [1.82, 2.24) is 0 Å². The van der Waals surface area contributed by atoms with Crippen LogP contribution in [0.3, 0.4) is 0 Å². The van der Waals surface area contributed by atoms with Crippen LogP contribution in [0.1, 0.15) is 0 Å². The van der Waals surface area contributed by atoms with Gasteiger partial charge in [-0.3, -0.25) is 29.3 Å². The molecular weight excluding hydrogens is 441 g/mol. The molecule has 28 heteroatoms. The molecule has 0 heterocycles. The average Bonchev–Trinajstić information content (AvgIpc) is 1.76. The summed E-state index contributed by atoms with van der Waals surface area (Å²) in [6, 6.07) is 0. The molecular formula is H20B4Na2O22-10. The second-order valence-corrected chi connectivity index (χ2v) is 1.15. The fraction of sp³-hybridized carbons (Fsp3) is 0. The van der Waals surface area contributed by atoms with Crippen molar-refractivity contribution >= 4 is 29.3 Å². The summed E-state index contributed by atoms with van der Waals surface area (Å²) in [6.45, 7) is 0. The molecule has 0 aliphatic heterocycles. The Morgan fingerprint density at radius 2 is 0.214 bits per heavy atom. The van der Waals surface area contributed by atoms with Crippen LogP contribution in [0.4, 0.5) is 0 Å². The summed E-state index contributed by atoms with van der Waals surface area (Å²) in [5.41, 5.74) is 0. The molecule has 0 atom stereocenters. The summed E-state index contributed by atoms with van der Waals surface area (Å²) >= 11 is 0. The molecule has 28 heavy (non-hydrogen) atoms. The standard InChI is InChI=1S/4BO3.2Na.10H2O/c4*2-1(3)4;;;;;;;;;;;;/h;;;;;;10*1H2/q4*-3;2*+1;;;;;;;;;;. The predicted molar refractivity (Wildman–Crippen MR) is 59.2 cm³/mol. The predicted octanol–water partition coefficient (Wildman–Crippen LogP) is -30.0. The molecule has 0 aliphatic rings. The van der Waals surface area contributed by atoms with E-state index in [1.165, 1.54) is 0 Å². The van der Waals surface area contributed by atoms with Crippen molar-refractivity contribution in [1.29, 1.82) is 0 Å². The third-order valence-corrected chi connectivity index (χ3v) is 0. The zero-order valence-electron chi connectivity index (χ0n) is 14.2. The van der Waals surface area contributed by atoms with Crippen LogP contribution in [0.2, 0.25) is 0 Å². The van der Waals surface area contributed by atoms with Crippen LogP contribution in [0.25, 0.3) is 0 Å². The Hall–Kier alpha value is 1.38. The molecule has 0 aromatic carbocycles. The van der Waals surface area contributed by atoms with Gasteiger partial charge >= 0.3 is 59.1 Å². The van der Waals surface area contributed by atoms with E-state index in [0.717, 1.165) is 0 Å². The van der Waals surface area contributed by atoms with Crippen molar-refractivity contribution in [2.75, 3.05) is 0 Å². The second kappa shape index (κ2) is 119. The molecule has 0 unspecified atom stereocenters. The van der Waals surface area contributed by atoms with Gasteiger partial charge in [-0.1, -0.05) is 0 Å².